The van der Waals surface area contributed by atoms with Crippen LogP contribution in [0.1, 0.15) is 23.7 Å². The van der Waals surface area contributed by atoms with Crippen molar-refractivity contribution in [3.63, 3.8) is 0 Å². The number of ether oxygens (including phenoxy) is 1. The largest absolute Gasteiger partial charge is 0.439 e. The second-order valence-corrected chi connectivity index (χ2v) is 4.57. The molecule has 100 valence electrons. The van der Waals surface area contributed by atoms with Gasteiger partial charge in [-0.1, -0.05) is 13.0 Å². The van der Waals surface area contributed by atoms with Gasteiger partial charge in [-0.25, -0.2) is 9.37 Å². The highest BCUT2D eigenvalue weighted by atomic mass is 35.5. The summed E-state index contributed by atoms with van der Waals surface area (Å²) >= 11 is 5.83. The molecule has 0 fully saturated rings. The number of benzene rings is 1. The van der Waals surface area contributed by atoms with E-state index in [4.69, 9.17) is 16.3 Å². The van der Waals surface area contributed by atoms with Crippen LogP contribution in [0.2, 0.25) is 0 Å². The molecule has 19 heavy (non-hydrogen) atoms. The lowest BCUT2D eigenvalue weighted by Crippen LogP contribution is -1.95. The van der Waals surface area contributed by atoms with Crippen LogP contribution in [0.5, 0.6) is 11.6 Å². The van der Waals surface area contributed by atoms with Crippen LogP contribution in [0.4, 0.5) is 4.39 Å². The maximum absolute atomic E-state index is 13.5. The molecular weight excluding hydrogens is 265 g/mol. The van der Waals surface area contributed by atoms with Crippen molar-refractivity contribution in [3.8, 4) is 11.6 Å². The van der Waals surface area contributed by atoms with E-state index in [2.05, 4.69) is 4.98 Å². The smallest absolute Gasteiger partial charge is 0.219 e. The van der Waals surface area contributed by atoms with Gasteiger partial charge in [-0.05, 0) is 36.6 Å². The number of aryl methyl sites for hydroxylation is 2. The van der Waals surface area contributed by atoms with Crippen LogP contribution in [-0.2, 0) is 12.3 Å². The Morgan fingerprint density at radius 2 is 2.05 bits per heavy atom. The molecule has 0 amide bonds. The van der Waals surface area contributed by atoms with Crippen LogP contribution in [-0.4, -0.2) is 4.98 Å². The Morgan fingerprint density at radius 3 is 2.68 bits per heavy atom. The second-order valence-electron chi connectivity index (χ2n) is 4.31. The Morgan fingerprint density at radius 1 is 1.26 bits per heavy atom. The van der Waals surface area contributed by atoms with E-state index < -0.39 is 0 Å². The van der Waals surface area contributed by atoms with Gasteiger partial charge in [0.15, 0.2) is 0 Å². The molecule has 0 aliphatic rings. The van der Waals surface area contributed by atoms with Crippen LogP contribution in [0.25, 0.3) is 0 Å². The minimum atomic E-state index is -0.290. The predicted molar refractivity (Wildman–Crippen MR) is 74.4 cm³/mol. The first-order valence-electron chi connectivity index (χ1n) is 6.12. The molecule has 0 radical (unpaired) electrons. The molecule has 0 spiro atoms. The van der Waals surface area contributed by atoms with Gasteiger partial charge >= 0.3 is 0 Å². The Bertz CT molecular complexity index is 564. The third kappa shape index (κ3) is 3.44. The summed E-state index contributed by atoms with van der Waals surface area (Å²) in [6.45, 7) is 3.72. The summed E-state index contributed by atoms with van der Waals surface area (Å²) < 4.78 is 19.0. The first-order chi connectivity index (χ1) is 9.12. The molecule has 0 saturated heterocycles. The SMILES string of the molecule is CCc1cc(CCl)cc(Oc2ccc(C)c(F)c2)n1. The van der Waals surface area contributed by atoms with Gasteiger partial charge in [0.2, 0.25) is 5.88 Å². The first kappa shape index (κ1) is 13.8. The highest BCUT2D eigenvalue weighted by Crippen LogP contribution is 2.23. The number of aromatic nitrogens is 1. The van der Waals surface area contributed by atoms with Crippen LogP contribution in [0.3, 0.4) is 0 Å². The van der Waals surface area contributed by atoms with Crippen molar-refractivity contribution in [2.45, 2.75) is 26.1 Å². The Hall–Kier alpha value is -1.61. The molecule has 0 N–H and O–H groups in total. The normalized spacial score (nSPS) is 10.5. The zero-order valence-corrected chi connectivity index (χ0v) is 11.7. The minimum Gasteiger partial charge on any atom is -0.439 e. The van der Waals surface area contributed by atoms with Crippen molar-refractivity contribution in [1.29, 1.82) is 0 Å². The topological polar surface area (TPSA) is 22.1 Å². The van der Waals surface area contributed by atoms with Crippen molar-refractivity contribution in [1.82, 2.24) is 4.98 Å². The number of rotatable bonds is 4. The van der Waals surface area contributed by atoms with E-state index in [0.717, 1.165) is 17.7 Å². The molecule has 0 saturated carbocycles. The maximum atomic E-state index is 13.5. The predicted octanol–water partition coefficient (Wildman–Crippen LogP) is 4.62. The van der Waals surface area contributed by atoms with Crippen molar-refractivity contribution in [2.24, 2.45) is 0 Å². The second kappa shape index (κ2) is 6.02. The number of alkyl halides is 1. The van der Waals surface area contributed by atoms with Gasteiger partial charge in [0.1, 0.15) is 11.6 Å². The van der Waals surface area contributed by atoms with E-state index in [1.807, 2.05) is 13.0 Å². The number of hydrogen-bond donors (Lipinski definition) is 0. The fourth-order valence-electron chi connectivity index (χ4n) is 1.69. The number of pyridine rings is 1. The molecule has 0 unspecified atom stereocenters. The summed E-state index contributed by atoms with van der Waals surface area (Å²) in [6.07, 6.45) is 0.795. The van der Waals surface area contributed by atoms with Crippen molar-refractivity contribution in [2.75, 3.05) is 0 Å². The monoisotopic (exact) mass is 279 g/mol. The average Bonchev–Trinajstić information content (AvgIpc) is 2.42. The molecule has 2 aromatic rings. The quantitative estimate of drug-likeness (QED) is 0.762. The highest BCUT2D eigenvalue weighted by Gasteiger charge is 2.06. The third-order valence-corrected chi connectivity index (χ3v) is 3.11. The van der Waals surface area contributed by atoms with Gasteiger partial charge < -0.3 is 4.74 Å². The molecular formula is C15H15ClFNO. The average molecular weight is 280 g/mol. The Labute approximate surface area is 117 Å². The van der Waals surface area contributed by atoms with E-state index >= 15 is 0 Å². The van der Waals surface area contributed by atoms with Crippen molar-refractivity contribution < 1.29 is 9.13 Å². The lowest BCUT2D eigenvalue weighted by molar-refractivity contribution is 0.455. The van der Waals surface area contributed by atoms with Gasteiger partial charge in [0.05, 0.1) is 0 Å². The maximum Gasteiger partial charge on any atom is 0.219 e. The molecule has 0 aliphatic carbocycles. The van der Waals surface area contributed by atoms with Gasteiger partial charge in [0.25, 0.3) is 0 Å². The molecule has 1 aromatic heterocycles. The van der Waals surface area contributed by atoms with Gasteiger partial charge in [-0.3, -0.25) is 0 Å². The van der Waals surface area contributed by atoms with E-state index in [1.54, 1.807) is 25.1 Å². The number of halogens is 2. The van der Waals surface area contributed by atoms with Crippen LogP contribution >= 0.6 is 11.6 Å². The molecule has 1 heterocycles. The molecule has 0 bridgehead atoms. The first-order valence-corrected chi connectivity index (χ1v) is 6.65. The van der Waals surface area contributed by atoms with Gasteiger partial charge in [0, 0.05) is 23.7 Å². The van der Waals surface area contributed by atoms with E-state index in [0.29, 0.717) is 23.1 Å². The molecule has 2 rings (SSSR count). The summed E-state index contributed by atoms with van der Waals surface area (Å²) in [6, 6.07) is 8.46. The summed E-state index contributed by atoms with van der Waals surface area (Å²) in [5, 5.41) is 0. The van der Waals surface area contributed by atoms with Gasteiger partial charge in [-0.2, -0.15) is 0 Å². The molecule has 4 heteroatoms. The fraction of sp³-hybridized carbons (Fsp3) is 0.267. The van der Waals surface area contributed by atoms with Crippen molar-refractivity contribution >= 4 is 11.6 Å². The van der Waals surface area contributed by atoms with Crippen LogP contribution in [0, 0.1) is 12.7 Å². The summed E-state index contributed by atoms with van der Waals surface area (Å²) in [5.41, 5.74) is 2.43. The van der Waals surface area contributed by atoms with Crippen LogP contribution in [0.15, 0.2) is 30.3 Å². The van der Waals surface area contributed by atoms with E-state index in [-0.39, 0.29) is 5.82 Å². The fourth-order valence-corrected chi connectivity index (χ4v) is 1.84. The lowest BCUT2D eigenvalue weighted by atomic mass is 10.2. The van der Waals surface area contributed by atoms with E-state index in [1.165, 1.54) is 6.07 Å². The lowest BCUT2D eigenvalue weighted by Gasteiger charge is -2.08. The Kier molecular flexibility index (Phi) is 4.38. The molecule has 0 atom stereocenters. The third-order valence-electron chi connectivity index (χ3n) is 2.80. The van der Waals surface area contributed by atoms with E-state index in [9.17, 15) is 4.39 Å². The van der Waals surface area contributed by atoms with Crippen LogP contribution < -0.4 is 4.74 Å². The summed E-state index contributed by atoms with van der Waals surface area (Å²) in [7, 11) is 0. The summed E-state index contributed by atoms with van der Waals surface area (Å²) in [5.74, 6) is 0.984. The molecule has 2 nitrogen and oxygen atoms in total. The number of nitrogens with zero attached hydrogens (tertiary/aromatic N) is 1. The molecule has 0 aliphatic heterocycles. The van der Waals surface area contributed by atoms with Gasteiger partial charge in [-0.15, -0.1) is 11.6 Å². The Balaban J connectivity index is 2.29. The standard InChI is InChI=1S/C15H15ClFNO/c1-3-12-6-11(9-16)7-15(18-12)19-13-5-4-10(2)14(17)8-13/h4-8H,3,9H2,1-2H3. The zero-order chi connectivity index (χ0) is 13.8. The number of hydrogen-bond acceptors (Lipinski definition) is 2. The van der Waals surface area contributed by atoms with Crippen molar-refractivity contribution in [3.05, 3.63) is 53.0 Å². The molecule has 1 aromatic carbocycles. The summed E-state index contributed by atoms with van der Waals surface area (Å²) in [4.78, 5) is 4.34. The highest BCUT2D eigenvalue weighted by molar-refractivity contribution is 6.17. The zero-order valence-electron chi connectivity index (χ0n) is 10.9. The minimum absolute atomic E-state index is 0.290.